The maximum atomic E-state index is 5.06. The molecule has 0 saturated carbocycles. The molecule has 120 valence electrons. The second-order valence-corrected chi connectivity index (χ2v) is 5.43. The summed E-state index contributed by atoms with van der Waals surface area (Å²) >= 11 is 0. The predicted molar refractivity (Wildman–Crippen MR) is 99.9 cm³/mol. The minimum Gasteiger partial charge on any atom is -0.481 e. The second kappa shape index (κ2) is 7.97. The molecule has 3 rings (SSSR count). The summed E-state index contributed by atoms with van der Waals surface area (Å²) in [5, 5.41) is 3.43. The molecule has 0 aliphatic carbocycles. The monoisotopic (exact) mass is 316 g/mol. The van der Waals surface area contributed by atoms with Crippen molar-refractivity contribution in [2.75, 3.05) is 12.4 Å². The Morgan fingerprint density at radius 3 is 2.25 bits per heavy atom. The van der Waals surface area contributed by atoms with Crippen molar-refractivity contribution in [3.63, 3.8) is 0 Å². The highest BCUT2D eigenvalue weighted by Crippen LogP contribution is 2.14. The molecule has 0 aliphatic heterocycles. The molecule has 1 N–H and O–H groups in total. The number of aromatic nitrogens is 1. The average molecular weight is 316 g/mol. The van der Waals surface area contributed by atoms with Crippen molar-refractivity contribution in [1.29, 1.82) is 0 Å². The summed E-state index contributed by atoms with van der Waals surface area (Å²) in [5.41, 5.74) is 4.58. The average Bonchev–Trinajstić information content (AvgIpc) is 2.67. The van der Waals surface area contributed by atoms with Gasteiger partial charge in [0.15, 0.2) is 0 Å². The van der Waals surface area contributed by atoms with E-state index < -0.39 is 0 Å². The van der Waals surface area contributed by atoms with Gasteiger partial charge in [-0.3, -0.25) is 0 Å². The second-order valence-electron chi connectivity index (χ2n) is 5.43. The van der Waals surface area contributed by atoms with Gasteiger partial charge in [0.1, 0.15) is 0 Å². The molecule has 0 amide bonds. The lowest BCUT2D eigenvalue weighted by Crippen LogP contribution is -1.98. The minimum absolute atomic E-state index is 0.626. The van der Waals surface area contributed by atoms with Crippen molar-refractivity contribution in [1.82, 2.24) is 4.98 Å². The summed E-state index contributed by atoms with van der Waals surface area (Å²) in [5.74, 6) is 0.626. The molecule has 3 aromatic rings. The van der Waals surface area contributed by atoms with E-state index in [2.05, 4.69) is 64.9 Å². The number of anilines is 1. The number of methoxy groups -OCH3 is 1. The highest BCUT2D eigenvalue weighted by Gasteiger charge is 1.95. The molecular formula is C21H20N2O. The van der Waals surface area contributed by atoms with Crippen LogP contribution < -0.4 is 10.1 Å². The number of benzene rings is 2. The lowest BCUT2D eigenvalue weighted by molar-refractivity contribution is 0.398. The molecule has 0 radical (unpaired) electrons. The van der Waals surface area contributed by atoms with E-state index in [4.69, 9.17) is 4.74 Å². The quantitative estimate of drug-likeness (QED) is 0.704. The first-order chi connectivity index (χ1) is 11.8. The third-order valence-electron chi connectivity index (χ3n) is 3.69. The van der Waals surface area contributed by atoms with E-state index in [1.54, 1.807) is 13.3 Å². The fourth-order valence-electron chi connectivity index (χ4n) is 2.32. The Morgan fingerprint density at radius 2 is 1.58 bits per heavy atom. The van der Waals surface area contributed by atoms with Gasteiger partial charge < -0.3 is 10.1 Å². The van der Waals surface area contributed by atoms with Crippen molar-refractivity contribution in [3.8, 4) is 5.88 Å². The van der Waals surface area contributed by atoms with E-state index in [0.717, 1.165) is 23.4 Å². The normalized spacial score (nSPS) is 10.7. The highest BCUT2D eigenvalue weighted by atomic mass is 16.5. The molecule has 3 nitrogen and oxygen atoms in total. The predicted octanol–water partition coefficient (Wildman–Crippen LogP) is 4.87. The van der Waals surface area contributed by atoms with Crippen LogP contribution in [-0.4, -0.2) is 12.1 Å². The van der Waals surface area contributed by atoms with E-state index in [0.29, 0.717) is 5.88 Å². The van der Waals surface area contributed by atoms with Gasteiger partial charge in [-0.1, -0.05) is 54.6 Å². The van der Waals surface area contributed by atoms with Crippen LogP contribution in [0.25, 0.3) is 12.2 Å². The lowest BCUT2D eigenvalue weighted by atomic mass is 10.1. The van der Waals surface area contributed by atoms with Crippen molar-refractivity contribution in [2.24, 2.45) is 0 Å². The van der Waals surface area contributed by atoms with Crippen LogP contribution in [0.3, 0.4) is 0 Å². The molecule has 1 aromatic heterocycles. The summed E-state index contributed by atoms with van der Waals surface area (Å²) in [7, 11) is 1.62. The Balaban J connectivity index is 1.58. The molecule has 0 atom stereocenters. The zero-order chi connectivity index (χ0) is 16.6. The van der Waals surface area contributed by atoms with Gasteiger partial charge in [0.25, 0.3) is 0 Å². The Morgan fingerprint density at radius 1 is 0.875 bits per heavy atom. The summed E-state index contributed by atoms with van der Waals surface area (Å²) in [6.07, 6.45) is 5.91. The molecule has 1 heterocycles. The molecule has 0 bridgehead atoms. The van der Waals surface area contributed by atoms with E-state index in [9.17, 15) is 0 Å². The molecule has 0 aliphatic rings. The first-order valence-corrected chi connectivity index (χ1v) is 7.89. The molecule has 0 spiro atoms. The van der Waals surface area contributed by atoms with Crippen LogP contribution in [0, 0.1) is 0 Å². The summed E-state index contributed by atoms with van der Waals surface area (Å²) in [6, 6.07) is 22.6. The third kappa shape index (κ3) is 4.46. The number of hydrogen-bond acceptors (Lipinski definition) is 3. The maximum absolute atomic E-state index is 5.06. The first-order valence-electron chi connectivity index (χ1n) is 7.89. The fourth-order valence-corrected chi connectivity index (χ4v) is 2.32. The van der Waals surface area contributed by atoms with E-state index in [-0.39, 0.29) is 0 Å². The first kappa shape index (κ1) is 15.8. The third-order valence-corrected chi connectivity index (χ3v) is 3.69. The van der Waals surface area contributed by atoms with Gasteiger partial charge in [-0.25, -0.2) is 4.98 Å². The molecule has 3 heteroatoms. The van der Waals surface area contributed by atoms with Gasteiger partial charge >= 0.3 is 0 Å². The largest absolute Gasteiger partial charge is 0.481 e. The lowest BCUT2D eigenvalue weighted by Gasteiger charge is -2.06. The summed E-state index contributed by atoms with van der Waals surface area (Å²) < 4.78 is 5.06. The van der Waals surface area contributed by atoms with Gasteiger partial charge in [-0.15, -0.1) is 0 Å². The molecule has 0 unspecified atom stereocenters. The smallest absolute Gasteiger partial charge is 0.212 e. The summed E-state index contributed by atoms with van der Waals surface area (Å²) in [4.78, 5) is 4.19. The number of nitrogens with zero attached hydrogens (tertiary/aromatic N) is 1. The van der Waals surface area contributed by atoms with Crippen LogP contribution in [-0.2, 0) is 6.54 Å². The molecular weight excluding hydrogens is 296 g/mol. The molecule has 2 aromatic carbocycles. The topological polar surface area (TPSA) is 34.1 Å². The number of pyridine rings is 1. The molecule has 0 saturated heterocycles. The van der Waals surface area contributed by atoms with Gasteiger partial charge in [-0.2, -0.15) is 0 Å². The van der Waals surface area contributed by atoms with Gasteiger partial charge in [0, 0.05) is 24.5 Å². The van der Waals surface area contributed by atoms with Crippen molar-refractivity contribution < 1.29 is 4.74 Å². The zero-order valence-electron chi connectivity index (χ0n) is 13.6. The number of hydrogen-bond donors (Lipinski definition) is 1. The highest BCUT2D eigenvalue weighted by molar-refractivity contribution is 5.70. The van der Waals surface area contributed by atoms with Crippen LogP contribution in [0.5, 0.6) is 5.88 Å². The van der Waals surface area contributed by atoms with Crippen LogP contribution in [0.15, 0.2) is 72.9 Å². The Labute approximate surface area is 142 Å². The van der Waals surface area contributed by atoms with E-state index >= 15 is 0 Å². The number of ether oxygens (including phenoxy) is 1. The molecule has 0 fully saturated rings. The van der Waals surface area contributed by atoms with Crippen molar-refractivity contribution in [2.45, 2.75) is 6.54 Å². The standard InChI is InChI=1S/C21H20N2O/c1-24-21-14-11-19(16-23-21)8-7-17-9-12-20(13-10-17)22-15-18-5-3-2-4-6-18/h2-14,16,22H,15H2,1H3/b8-7+. The molecule has 24 heavy (non-hydrogen) atoms. The van der Waals surface area contributed by atoms with Crippen LogP contribution in [0.4, 0.5) is 5.69 Å². The number of nitrogens with one attached hydrogen (secondary N) is 1. The van der Waals surface area contributed by atoms with Crippen LogP contribution >= 0.6 is 0 Å². The Hall–Kier alpha value is -3.07. The van der Waals surface area contributed by atoms with Gasteiger partial charge in [0.05, 0.1) is 7.11 Å². The maximum Gasteiger partial charge on any atom is 0.212 e. The van der Waals surface area contributed by atoms with Gasteiger partial charge in [-0.05, 0) is 34.9 Å². The van der Waals surface area contributed by atoms with Gasteiger partial charge in [0.2, 0.25) is 5.88 Å². The Kier molecular flexibility index (Phi) is 5.25. The number of rotatable bonds is 6. The van der Waals surface area contributed by atoms with Crippen molar-refractivity contribution >= 4 is 17.8 Å². The SMILES string of the molecule is COc1ccc(/C=C/c2ccc(NCc3ccccc3)cc2)cn1. The van der Waals surface area contributed by atoms with Crippen LogP contribution in [0.1, 0.15) is 16.7 Å². The fraction of sp³-hybridized carbons (Fsp3) is 0.0952. The summed E-state index contributed by atoms with van der Waals surface area (Å²) in [6.45, 7) is 0.827. The van der Waals surface area contributed by atoms with E-state index in [1.807, 2.05) is 24.3 Å². The zero-order valence-corrected chi connectivity index (χ0v) is 13.6. The minimum atomic E-state index is 0.626. The van der Waals surface area contributed by atoms with Crippen LogP contribution in [0.2, 0.25) is 0 Å². The van der Waals surface area contributed by atoms with E-state index in [1.165, 1.54) is 5.56 Å². The Bertz CT molecular complexity index is 778. The van der Waals surface area contributed by atoms with Crippen molar-refractivity contribution in [3.05, 3.63) is 89.6 Å².